The zero-order chi connectivity index (χ0) is 20.6. The molecule has 1 amide bonds. The standard InChI is InChI=1S/C20H16FN3O5/c21-18-11-17(7-8-19(18)24(26)27)29-13-20(25)23-14-5-3-6-16(10-14)28-12-15-4-1-2-9-22-15/h1-11H,12-13H2,(H,23,25). The highest BCUT2D eigenvalue weighted by molar-refractivity contribution is 5.92. The minimum absolute atomic E-state index is 0.00990. The predicted octanol–water partition coefficient (Wildman–Crippen LogP) is 3.73. The second kappa shape index (κ2) is 9.27. The Morgan fingerprint density at radius 1 is 1.07 bits per heavy atom. The van der Waals surface area contributed by atoms with Crippen LogP contribution in [0.2, 0.25) is 0 Å². The second-order valence-electron chi connectivity index (χ2n) is 5.84. The molecule has 0 fully saturated rings. The summed E-state index contributed by atoms with van der Waals surface area (Å²) in [5, 5.41) is 13.2. The van der Waals surface area contributed by atoms with Gasteiger partial charge >= 0.3 is 5.69 Å². The Morgan fingerprint density at radius 2 is 1.90 bits per heavy atom. The summed E-state index contributed by atoms with van der Waals surface area (Å²) in [6.07, 6.45) is 1.67. The van der Waals surface area contributed by atoms with Crippen molar-refractivity contribution in [3.05, 3.63) is 88.5 Å². The van der Waals surface area contributed by atoms with E-state index in [1.165, 1.54) is 6.07 Å². The SMILES string of the molecule is O=C(COc1ccc([N+](=O)[O-])c(F)c1)Nc1cccc(OCc2ccccn2)c1. The van der Waals surface area contributed by atoms with Gasteiger partial charge in [-0.25, -0.2) is 0 Å². The van der Waals surface area contributed by atoms with E-state index in [4.69, 9.17) is 9.47 Å². The zero-order valence-corrected chi connectivity index (χ0v) is 15.1. The van der Waals surface area contributed by atoms with E-state index in [2.05, 4.69) is 10.3 Å². The fourth-order valence-corrected chi connectivity index (χ4v) is 2.38. The number of pyridine rings is 1. The monoisotopic (exact) mass is 397 g/mol. The highest BCUT2D eigenvalue weighted by Crippen LogP contribution is 2.22. The Balaban J connectivity index is 1.53. The van der Waals surface area contributed by atoms with Crippen molar-refractivity contribution in [3.63, 3.8) is 0 Å². The van der Waals surface area contributed by atoms with Crippen LogP contribution in [0.3, 0.4) is 0 Å². The van der Waals surface area contributed by atoms with Gasteiger partial charge in [0.25, 0.3) is 5.91 Å². The summed E-state index contributed by atoms with van der Waals surface area (Å²) in [7, 11) is 0. The molecule has 0 saturated carbocycles. The molecule has 1 N–H and O–H groups in total. The summed E-state index contributed by atoms with van der Waals surface area (Å²) in [6.45, 7) is -0.108. The zero-order valence-electron chi connectivity index (χ0n) is 15.1. The number of nitrogens with one attached hydrogen (secondary N) is 1. The smallest absolute Gasteiger partial charge is 0.305 e. The maximum Gasteiger partial charge on any atom is 0.305 e. The lowest BCUT2D eigenvalue weighted by Crippen LogP contribution is -2.20. The van der Waals surface area contributed by atoms with Gasteiger partial charge in [0, 0.05) is 30.1 Å². The molecule has 0 aliphatic rings. The molecule has 0 aliphatic heterocycles. The van der Waals surface area contributed by atoms with Crippen molar-refractivity contribution in [2.45, 2.75) is 6.61 Å². The number of benzene rings is 2. The lowest BCUT2D eigenvalue weighted by Gasteiger charge is -2.10. The molecule has 1 aromatic heterocycles. The van der Waals surface area contributed by atoms with E-state index in [1.54, 1.807) is 30.5 Å². The Morgan fingerprint density at radius 3 is 2.62 bits per heavy atom. The van der Waals surface area contributed by atoms with Crippen molar-refractivity contribution < 1.29 is 23.6 Å². The first-order chi connectivity index (χ1) is 14.0. The van der Waals surface area contributed by atoms with E-state index < -0.39 is 28.9 Å². The second-order valence-corrected chi connectivity index (χ2v) is 5.84. The van der Waals surface area contributed by atoms with Gasteiger partial charge in [-0.1, -0.05) is 12.1 Å². The van der Waals surface area contributed by atoms with E-state index in [0.717, 1.165) is 17.8 Å². The molecule has 0 atom stereocenters. The van der Waals surface area contributed by atoms with E-state index in [1.807, 2.05) is 18.2 Å². The van der Waals surface area contributed by atoms with Crippen molar-refractivity contribution in [1.82, 2.24) is 4.98 Å². The summed E-state index contributed by atoms with van der Waals surface area (Å²) in [5.41, 5.74) is 0.599. The number of amides is 1. The number of halogens is 1. The number of carbonyl (C=O) groups is 1. The van der Waals surface area contributed by atoms with E-state index >= 15 is 0 Å². The first kappa shape index (κ1) is 19.7. The molecule has 9 heteroatoms. The number of aromatic nitrogens is 1. The van der Waals surface area contributed by atoms with Gasteiger partial charge in [-0.05, 0) is 30.3 Å². The topological polar surface area (TPSA) is 104 Å². The van der Waals surface area contributed by atoms with Gasteiger partial charge in [-0.2, -0.15) is 4.39 Å². The van der Waals surface area contributed by atoms with Crippen LogP contribution in [0.25, 0.3) is 0 Å². The maximum atomic E-state index is 13.6. The van der Waals surface area contributed by atoms with E-state index in [-0.39, 0.29) is 12.4 Å². The molecule has 0 saturated heterocycles. The van der Waals surface area contributed by atoms with Gasteiger partial charge in [0.2, 0.25) is 5.82 Å². The molecule has 0 bridgehead atoms. The molecule has 0 radical (unpaired) electrons. The van der Waals surface area contributed by atoms with Crippen LogP contribution in [0.15, 0.2) is 66.9 Å². The van der Waals surface area contributed by atoms with Crippen LogP contribution >= 0.6 is 0 Å². The molecule has 29 heavy (non-hydrogen) atoms. The summed E-state index contributed by atoms with van der Waals surface area (Å²) in [5.74, 6) is -0.959. The normalized spacial score (nSPS) is 10.2. The first-order valence-corrected chi connectivity index (χ1v) is 8.50. The summed E-state index contributed by atoms with van der Waals surface area (Å²) in [6, 6.07) is 15.4. The van der Waals surface area contributed by atoms with Crippen molar-refractivity contribution in [1.29, 1.82) is 0 Å². The molecule has 8 nitrogen and oxygen atoms in total. The number of nitro groups is 1. The van der Waals surface area contributed by atoms with Crippen LogP contribution in [0.5, 0.6) is 11.5 Å². The number of nitrogens with zero attached hydrogens (tertiary/aromatic N) is 2. The Labute approximate surface area is 165 Å². The maximum absolute atomic E-state index is 13.6. The van der Waals surface area contributed by atoms with Gasteiger partial charge in [0.05, 0.1) is 10.6 Å². The Bertz CT molecular complexity index is 1010. The molecule has 2 aromatic carbocycles. The number of ether oxygens (including phenoxy) is 2. The van der Waals surface area contributed by atoms with Gasteiger partial charge in [-0.15, -0.1) is 0 Å². The largest absolute Gasteiger partial charge is 0.487 e. The van der Waals surface area contributed by atoms with Crippen LogP contribution < -0.4 is 14.8 Å². The third kappa shape index (κ3) is 5.73. The van der Waals surface area contributed by atoms with Crippen LogP contribution in [0.4, 0.5) is 15.8 Å². The number of anilines is 1. The number of rotatable bonds is 8. The fourth-order valence-electron chi connectivity index (χ4n) is 2.38. The molecule has 0 unspecified atom stereocenters. The van der Waals surface area contributed by atoms with Crippen LogP contribution in [-0.4, -0.2) is 22.4 Å². The van der Waals surface area contributed by atoms with Gasteiger partial charge in [0.1, 0.15) is 18.1 Å². The molecule has 0 spiro atoms. The molecular weight excluding hydrogens is 381 g/mol. The molecule has 1 heterocycles. The lowest BCUT2D eigenvalue weighted by atomic mass is 10.3. The lowest BCUT2D eigenvalue weighted by molar-refractivity contribution is -0.387. The third-order valence-electron chi connectivity index (χ3n) is 3.72. The average Bonchev–Trinajstić information content (AvgIpc) is 2.71. The molecule has 3 aromatic rings. The number of nitro benzene ring substituents is 1. The van der Waals surface area contributed by atoms with Crippen molar-refractivity contribution >= 4 is 17.3 Å². The highest BCUT2D eigenvalue weighted by atomic mass is 19.1. The van der Waals surface area contributed by atoms with E-state index in [9.17, 15) is 19.3 Å². The highest BCUT2D eigenvalue weighted by Gasteiger charge is 2.15. The van der Waals surface area contributed by atoms with Gasteiger partial charge in [0.15, 0.2) is 6.61 Å². The third-order valence-corrected chi connectivity index (χ3v) is 3.72. The Hall–Kier alpha value is -4.01. The van der Waals surface area contributed by atoms with Crippen LogP contribution in [-0.2, 0) is 11.4 Å². The summed E-state index contributed by atoms with van der Waals surface area (Å²) >= 11 is 0. The molecule has 3 rings (SSSR count). The minimum Gasteiger partial charge on any atom is -0.487 e. The van der Waals surface area contributed by atoms with E-state index in [0.29, 0.717) is 11.4 Å². The first-order valence-electron chi connectivity index (χ1n) is 8.50. The van der Waals surface area contributed by atoms with Gasteiger partial charge in [-0.3, -0.25) is 19.9 Å². The number of carbonyl (C=O) groups excluding carboxylic acids is 1. The summed E-state index contributed by atoms with van der Waals surface area (Å²) in [4.78, 5) is 26.0. The van der Waals surface area contributed by atoms with Crippen LogP contribution in [0, 0.1) is 15.9 Å². The molecular formula is C20H16FN3O5. The fraction of sp³-hybridized carbons (Fsp3) is 0.100. The average molecular weight is 397 g/mol. The number of hydrogen-bond acceptors (Lipinski definition) is 6. The Kier molecular flexibility index (Phi) is 6.31. The van der Waals surface area contributed by atoms with Crippen molar-refractivity contribution in [2.75, 3.05) is 11.9 Å². The van der Waals surface area contributed by atoms with Gasteiger partial charge < -0.3 is 14.8 Å². The quantitative estimate of drug-likeness (QED) is 0.459. The molecule has 0 aliphatic carbocycles. The summed E-state index contributed by atoms with van der Waals surface area (Å²) < 4.78 is 24.4. The predicted molar refractivity (Wildman–Crippen MR) is 102 cm³/mol. The van der Waals surface area contributed by atoms with Crippen LogP contribution in [0.1, 0.15) is 5.69 Å². The van der Waals surface area contributed by atoms with Crippen molar-refractivity contribution in [2.24, 2.45) is 0 Å². The minimum atomic E-state index is -1.04. The van der Waals surface area contributed by atoms with Crippen molar-refractivity contribution in [3.8, 4) is 11.5 Å². The number of hydrogen-bond donors (Lipinski definition) is 1. The molecule has 148 valence electrons.